The number of benzene rings is 1. The van der Waals surface area contributed by atoms with Gasteiger partial charge in [0.1, 0.15) is 5.01 Å². The topological polar surface area (TPSA) is 42.0 Å². The van der Waals surface area contributed by atoms with Crippen LogP contribution in [-0.4, -0.2) is 10.9 Å². The van der Waals surface area contributed by atoms with Crippen molar-refractivity contribution in [2.75, 3.05) is 0 Å². The van der Waals surface area contributed by atoms with Gasteiger partial charge in [0.25, 0.3) is 5.91 Å². The normalized spacial score (nSPS) is 10.5. The van der Waals surface area contributed by atoms with Gasteiger partial charge in [0.2, 0.25) is 0 Å². The monoisotopic (exact) mass is 406 g/mol. The second kappa shape index (κ2) is 6.67. The van der Waals surface area contributed by atoms with Crippen molar-refractivity contribution in [2.45, 2.75) is 19.9 Å². The predicted octanol–water partition coefficient (Wildman–Crippen LogP) is 3.89. The molecule has 1 N–H and O–H groups in total. The SMILES string of the molecule is CCc1cnc(CNC(=O)c2cc(Cl)ccc2I)s1. The zero-order valence-electron chi connectivity index (χ0n) is 10.2. The van der Waals surface area contributed by atoms with E-state index < -0.39 is 0 Å². The molecule has 0 unspecified atom stereocenters. The fraction of sp³-hybridized carbons (Fsp3) is 0.231. The summed E-state index contributed by atoms with van der Waals surface area (Å²) in [6.45, 7) is 2.54. The maximum absolute atomic E-state index is 12.1. The van der Waals surface area contributed by atoms with Crippen molar-refractivity contribution >= 4 is 51.4 Å². The van der Waals surface area contributed by atoms with E-state index in [0.717, 1.165) is 15.0 Å². The number of aromatic nitrogens is 1. The number of carbonyl (C=O) groups is 1. The number of carbonyl (C=O) groups excluding carboxylic acids is 1. The van der Waals surface area contributed by atoms with Gasteiger partial charge >= 0.3 is 0 Å². The minimum atomic E-state index is -0.125. The molecule has 1 amide bonds. The van der Waals surface area contributed by atoms with E-state index in [1.807, 2.05) is 12.3 Å². The molecule has 19 heavy (non-hydrogen) atoms. The zero-order chi connectivity index (χ0) is 13.8. The van der Waals surface area contributed by atoms with Crippen LogP contribution in [0, 0.1) is 3.57 Å². The average molecular weight is 407 g/mol. The van der Waals surface area contributed by atoms with Gasteiger partial charge in [0.05, 0.1) is 12.1 Å². The van der Waals surface area contributed by atoms with Crippen LogP contribution in [0.15, 0.2) is 24.4 Å². The van der Waals surface area contributed by atoms with Crippen molar-refractivity contribution < 1.29 is 4.79 Å². The Kier molecular flexibility index (Phi) is 5.18. The Morgan fingerprint density at radius 1 is 1.53 bits per heavy atom. The van der Waals surface area contributed by atoms with Crippen LogP contribution < -0.4 is 5.32 Å². The van der Waals surface area contributed by atoms with Gasteiger partial charge < -0.3 is 5.32 Å². The molecule has 2 aromatic rings. The summed E-state index contributed by atoms with van der Waals surface area (Å²) in [6.07, 6.45) is 2.83. The smallest absolute Gasteiger partial charge is 0.252 e. The second-order valence-electron chi connectivity index (χ2n) is 3.88. The Bertz CT molecular complexity index is 600. The van der Waals surface area contributed by atoms with Crippen LogP contribution in [-0.2, 0) is 13.0 Å². The first kappa shape index (κ1) is 14.7. The van der Waals surface area contributed by atoms with E-state index in [1.165, 1.54) is 4.88 Å². The van der Waals surface area contributed by atoms with E-state index in [1.54, 1.807) is 23.5 Å². The van der Waals surface area contributed by atoms with E-state index >= 15 is 0 Å². The first-order chi connectivity index (χ1) is 9.10. The van der Waals surface area contributed by atoms with Crippen LogP contribution in [0.4, 0.5) is 0 Å². The van der Waals surface area contributed by atoms with Crippen molar-refractivity contribution in [3.8, 4) is 0 Å². The van der Waals surface area contributed by atoms with E-state index in [0.29, 0.717) is 17.1 Å². The fourth-order valence-corrected chi connectivity index (χ4v) is 3.07. The molecule has 0 fully saturated rings. The molecule has 100 valence electrons. The molecule has 0 aliphatic carbocycles. The molecule has 0 atom stereocenters. The van der Waals surface area contributed by atoms with Crippen LogP contribution in [0.2, 0.25) is 5.02 Å². The van der Waals surface area contributed by atoms with Gasteiger partial charge in [-0.1, -0.05) is 18.5 Å². The molecule has 1 aromatic heterocycles. The molecule has 0 aliphatic rings. The summed E-state index contributed by atoms with van der Waals surface area (Å²) in [5.74, 6) is -0.125. The Morgan fingerprint density at radius 2 is 2.32 bits per heavy atom. The molecule has 0 bridgehead atoms. The van der Waals surface area contributed by atoms with E-state index in [4.69, 9.17) is 11.6 Å². The number of hydrogen-bond acceptors (Lipinski definition) is 3. The van der Waals surface area contributed by atoms with Crippen LogP contribution in [0.3, 0.4) is 0 Å². The highest BCUT2D eigenvalue weighted by atomic mass is 127. The van der Waals surface area contributed by atoms with Crippen LogP contribution >= 0.6 is 45.5 Å². The van der Waals surface area contributed by atoms with Gasteiger partial charge in [-0.3, -0.25) is 4.79 Å². The molecule has 3 nitrogen and oxygen atoms in total. The first-order valence-electron chi connectivity index (χ1n) is 5.77. The van der Waals surface area contributed by atoms with Gasteiger partial charge in [-0.15, -0.1) is 11.3 Å². The molecule has 1 heterocycles. The summed E-state index contributed by atoms with van der Waals surface area (Å²) in [4.78, 5) is 17.6. The van der Waals surface area contributed by atoms with Gasteiger partial charge in [-0.05, 0) is 47.2 Å². The maximum atomic E-state index is 12.1. The number of amides is 1. The van der Waals surface area contributed by atoms with Gasteiger partial charge in [0, 0.05) is 19.7 Å². The number of nitrogens with zero attached hydrogens (tertiary/aromatic N) is 1. The van der Waals surface area contributed by atoms with Crippen molar-refractivity contribution in [1.82, 2.24) is 10.3 Å². The highest BCUT2D eigenvalue weighted by Crippen LogP contribution is 2.18. The quantitative estimate of drug-likeness (QED) is 0.783. The van der Waals surface area contributed by atoms with Crippen molar-refractivity contribution in [2.24, 2.45) is 0 Å². The Morgan fingerprint density at radius 3 is 3.00 bits per heavy atom. The number of nitrogens with one attached hydrogen (secondary N) is 1. The molecule has 2 rings (SSSR count). The first-order valence-corrected chi connectivity index (χ1v) is 8.04. The summed E-state index contributed by atoms with van der Waals surface area (Å²) in [6, 6.07) is 5.28. The van der Waals surface area contributed by atoms with Crippen molar-refractivity contribution in [1.29, 1.82) is 0 Å². The van der Waals surface area contributed by atoms with E-state index in [2.05, 4.69) is 39.8 Å². The third kappa shape index (κ3) is 3.90. The maximum Gasteiger partial charge on any atom is 0.252 e. The lowest BCUT2D eigenvalue weighted by molar-refractivity contribution is 0.0950. The third-order valence-corrected chi connectivity index (χ3v) is 4.84. The lowest BCUT2D eigenvalue weighted by atomic mass is 10.2. The fourth-order valence-electron chi connectivity index (χ4n) is 1.52. The van der Waals surface area contributed by atoms with E-state index in [9.17, 15) is 4.79 Å². The highest BCUT2D eigenvalue weighted by Gasteiger charge is 2.11. The van der Waals surface area contributed by atoms with E-state index in [-0.39, 0.29) is 5.91 Å². The van der Waals surface area contributed by atoms with Crippen molar-refractivity contribution in [3.05, 3.63) is 48.4 Å². The molecule has 1 aromatic carbocycles. The Balaban J connectivity index is 2.03. The Hall–Kier alpha value is -0.660. The Labute approximate surface area is 134 Å². The highest BCUT2D eigenvalue weighted by molar-refractivity contribution is 14.1. The molecule has 0 spiro atoms. The molecular weight excluding hydrogens is 395 g/mol. The molecule has 0 saturated carbocycles. The van der Waals surface area contributed by atoms with Crippen LogP contribution in [0.1, 0.15) is 27.2 Å². The van der Waals surface area contributed by atoms with Crippen LogP contribution in [0.5, 0.6) is 0 Å². The standard InChI is InChI=1S/C13H12ClIN2OS/c1-2-9-6-16-12(19-9)7-17-13(18)10-5-8(14)3-4-11(10)15/h3-6H,2,7H2,1H3,(H,17,18). The average Bonchev–Trinajstić information content (AvgIpc) is 2.87. The number of rotatable bonds is 4. The summed E-state index contributed by atoms with van der Waals surface area (Å²) < 4.78 is 0.882. The lowest BCUT2D eigenvalue weighted by Gasteiger charge is -2.05. The summed E-state index contributed by atoms with van der Waals surface area (Å²) in [5, 5.41) is 4.35. The second-order valence-corrected chi connectivity index (χ2v) is 6.68. The molecular formula is C13H12ClIN2OS. The molecule has 0 aliphatic heterocycles. The third-order valence-electron chi connectivity index (χ3n) is 2.52. The number of hydrogen-bond donors (Lipinski definition) is 1. The molecule has 0 radical (unpaired) electrons. The number of thiazole rings is 1. The lowest BCUT2D eigenvalue weighted by Crippen LogP contribution is -2.23. The summed E-state index contributed by atoms with van der Waals surface area (Å²) in [5.41, 5.74) is 0.598. The minimum Gasteiger partial charge on any atom is -0.345 e. The summed E-state index contributed by atoms with van der Waals surface area (Å²) in [7, 11) is 0. The number of aryl methyl sites for hydroxylation is 1. The van der Waals surface area contributed by atoms with Gasteiger partial charge in [0.15, 0.2) is 0 Å². The summed E-state index contributed by atoms with van der Waals surface area (Å²) >= 11 is 9.65. The van der Waals surface area contributed by atoms with Gasteiger partial charge in [-0.2, -0.15) is 0 Å². The van der Waals surface area contributed by atoms with Crippen molar-refractivity contribution in [3.63, 3.8) is 0 Å². The minimum absolute atomic E-state index is 0.125. The van der Waals surface area contributed by atoms with Crippen LogP contribution in [0.25, 0.3) is 0 Å². The largest absolute Gasteiger partial charge is 0.345 e. The molecule has 6 heteroatoms. The number of halogens is 2. The molecule has 0 saturated heterocycles. The van der Waals surface area contributed by atoms with Gasteiger partial charge in [-0.25, -0.2) is 4.98 Å². The predicted molar refractivity (Wildman–Crippen MR) is 86.8 cm³/mol. The zero-order valence-corrected chi connectivity index (χ0v) is 14.0.